The number of ether oxygens (including phenoxy) is 1. The minimum Gasteiger partial charge on any atom is -0.497 e. The summed E-state index contributed by atoms with van der Waals surface area (Å²) >= 11 is 0. The van der Waals surface area contributed by atoms with Gasteiger partial charge in [-0.25, -0.2) is 9.37 Å². The summed E-state index contributed by atoms with van der Waals surface area (Å²) in [6.07, 6.45) is 1.61. The first-order chi connectivity index (χ1) is 11.6. The molecule has 0 fully saturated rings. The molecule has 24 heavy (non-hydrogen) atoms. The highest BCUT2D eigenvalue weighted by molar-refractivity contribution is 7.83. The first-order valence-electron chi connectivity index (χ1n) is 7.32. The average Bonchev–Trinajstić information content (AvgIpc) is 3.03. The normalized spacial score (nSPS) is 12.1. The number of hydrogen-bond acceptors (Lipinski definition) is 4. The van der Waals surface area contributed by atoms with Gasteiger partial charge in [0.15, 0.2) is 5.76 Å². The van der Waals surface area contributed by atoms with Gasteiger partial charge in [-0.3, -0.25) is 4.21 Å². The Morgan fingerprint density at radius 2 is 1.96 bits per heavy atom. The van der Waals surface area contributed by atoms with E-state index in [1.807, 2.05) is 24.3 Å². The molecule has 0 saturated heterocycles. The number of halogens is 1. The number of hydrogen-bond donors (Lipinski definition) is 0. The number of oxazole rings is 1. The molecule has 0 N–H and O–H groups in total. The van der Waals surface area contributed by atoms with Crippen LogP contribution in [-0.4, -0.2) is 16.3 Å². The van der Waals surface area contributed by atoms with E-state index in [1.165, 1.54) is 12.1 Å². The molecule has 1 atom stereocenters. The molecule has 0 aliphatic rings. The predicted molar refractivity (Wildman–Crippen MR) is 90.4 cm³/mol. The second-order valence-electron chi connectivity index (χ2n) is 5.21. The van der Waals surface area contributed by atoms with Crippen LogP contribution in [0.1, 0.15) is 11.5 Å². The van der Waals surface area contributed by atoms with Gasteiger partial charge in [-0.1, -0.05) is 12.1 Å². The minimum atomic E-state index is -1.22. The topological polar surface area (TPSA) is 52.3 Å². The molecule has 2 aromatic carbocycles. The summed E-state index contributed by atoms with van der Waals surface area (Å²) in [4.78, 5) is 4.17. The van der Waals surface area contributed by atoms with Crippen molar-refractivity contribution >= 4 is 10.8 Å². The van der Waals surface area contributed by atoms with Crippen molar-refractivity contribution in [3.05, 3.63) is 72.0 Å². The van der Waals surface area contributed by atoms with Gasteiger partial charge in [-0.15, -0.1) is 0 Å². The fourth-order valence-electron chi connectivity index (χ4n) is 2.27. The molecule has 124 valence electrons. The number of aromatic nitrogens is 1. The van der Waals surface area contributed by atoms with E-state index in [0.717, 1.165) is 11.3 Å². The molecule has 1 heterocycles. The molecule has 0 spiro atoms. The number of nitrogens with zero attached hydrogens (tertiary/aromatic N) is 1. The maximum absolute atomic E-state index is 13.2. The first-order valence-corrected chi connectivity index (χ1v) is 8.81. The van der Waals surface area contributed by atoms with Crippen LogP contribution in [0.3, 0.4) is 0 Å². The van der Waals surface area contributed by atoms with Gasteiger partial charge >= 0.3 is 0 Å². The number of benzene rings is 2. The maximum Gasteiger partial charge on any atom is 0.207 e. The Labute approximate surface area is 141 Å². The highest BCUT2D eigenvalue weighted by atomic mass is 32.2. The highest BCUT2D eigenvalue weighted by Gasteiger charge is 2.11. The van der Waals surface area contributed by atoms with Crippen LogP contribution in [0.4, 0.5) is 4.39 Å². The van der Waals surface area contributed by atoms with Crippen molar-refractivity contribution in [1.29, 1.82) is 0 Å². The zero-order chi connectivity index (χ0) is 16.9. The van der Waals surface area contributed by atoms with Gasteiger partial charge in [-0.05, 0) is 42.0 Å². The van der Waals surface area contributed by atoms with E-state index in [4.69, 9.17) is 9.15 Å². The van der Waals surface area contributed by atoms with Crippen LogP contribution in [0.5, 0.6) is 5.75 Å². The molecule has 0 amide bonds. The van der Waals surface area contributed by atoms with E-state index in [2.05, 4.69) is 4.98 Å². The Bertz CT molecular complexity index is 845. The van der Waals surface area contributed by atoms with E-state index >= 15 is 0 Å². The van der Waals surface area contributed by atoms with Gasteiger partial charge in [0.1, 0.15) is 17.3 Å². The van der Waals surface area contributed by atoms with Crippen molar-refractivity contribution in [2.75, 3.05) is 7.11 Å². The van der Waals surface area contributed by atoms with Crippen LogP contribution in [0.15, 0.2) is 59.1 Å². The molecule has 0 saturated carbocycles. The lowest BCUT2D eigenvalue weighted by Gasteiger charge is -2.01. The lowest BCUT2D eigenvalue weighted by molar-refractivity contribution is 0.415. The molecule has 0 radical (unpaired) electrons. The summed E-state index contributed by atoms with van der Waals surface area (Å²) in [5.41, 5.74) is 1.56. The number of rotatable bonds is 6. The summed E-state index contributed by atoms with van der Waals surface area (Å²) in [6.45, 7) is 0. The third-order valence-electron chi connectivity index (χ3n) is 3.43. The zero-order valence-corrected chi connectivity index (χ0v) is 13.9. The highest BCUT2D eigenvalue weighted by Crippen LogP contribution is 2.23. The Kier molecular flexibility index (Phi) is 5.05. The third kappa shape index (κ3) is 4.08. The van der Waals surface area contributed by atoms with Crippen LogP contribution in [0.25, 0.3) is 11.3 Å². The second-order valence-corrected chi connectivity index (χ2v) is 6.66. The Balaban J connectivity index is 1.65. The standard InChI is InChI=1S/C18H16FNO3S/c1-22-16-7-5-14(6-8-16)17-10-20-18(23-17)12-24(21)11-13-3-2-4-15(19)9-13/h2-10H,11-12H2,1H3/t24-/m1/s1. The summed E-state index contributed by atoms with van der Waals surface area (Å²) < 4.78 is 36.1. The molecular weight excluding hydrogens is 329 g/mol. The van der Waals surface area contributed by atoms with Crippen molar-refractivity contribution in [3.8, 4) is 17.1 Å². The molecule has 3 rings (SSSR count). The van der Waals surface area contributed by atoms with E-state index in [9.17, 15) is 8.60 Å². The SMILES string of the molecule is COc1ccc(-c2cnc(C[S@](=O)Cc3cccc(F)c3)o2)cc1. The molecule has 0 bridgehead atoms. The van der Waals surface area contributed by atoms with Crippen LogP contribution in [0.2, 0.25) is 0 Å². The van der Waals surface area contributed by atoms with E-state index in [0.29, 0.717) is 17.2 Å². The molecule has 0 aliphatic heterocycles. The Hall–Kier alpha value is -2.47. The molecule has 6 heteroatoms. The monoisotopic (exact) mass is 345 g/mol. The predicted octanol–water partition coefficient (Wildman–Crippen LogP) is 3.94. The Morgan fingerprint density at radius 1 is 1.17 bits per heavy atom. The Morgan fingerprint density at radius 3 is 2.67 bits per heavy atom. The van der Waals surface area contributed by atoms with Gasteiger partial charge < -0.3 is 9.15 Å². The quantitative estimate of drug-likeness (QED) is 0.679. The van der Waals surface area contributed by atoms with Gasteiger partial charge in [0, 0.05) is 22.1 Å². The fourth-order valence-corrected chi connectivity index (χ4v) is 3.33. The third-order valence-corrected chi connectivity index (χ3v) is 4.65. The maximum atomic E-state index is 13.2. The van der Waals surface area contributed by atoms with Gasteiger partial charge in [0.25, 0.3) is 0 Å². The van der Waals surface area contributed by atoms with Crippen LogP contribution >= 0.6 is 0 Å². The van der Waals surface area contributed by atoms with E-state index < -0.39 is 10.8 Å². The van der Waals surface area contributed by atoms with Crippen molar-refractivity contribution < 1.29 is 17.8 Å². The largest absolute Gasteiger partial charge is 0.497 e. The molecular formula is C18H16FNO3S. The summed E-state index contributed by atoms with van der Waals surface area (Å²) in [6, 6.07) is 13.5. The molecule has 3 aromatic rings. The van der Waals surface area contributed by atoms with Crippen molar-refractivity contribution in [3.63, 3.8) is 0 Å². The average molecular weight is 345 g/mol. The van der Waals surface area contributed by atoms with E-state index in [-0.39, 0.29) is 17.3 Å². The molecule has 4 nitrogen and oxygen atoms in total. The molecule has 0 aliphatic carbocycles. The summed E-state index contributed by atoms with van der Waals surface area (Å²) in [5.74, 6) is 1.88. The lowest BCUT2D eigenvalue weighted by atomic mass is 10.2. The van der Waals surface area contributed by atoms with Crippen molar-refractivity contribution in [2.45, 2.75) is 11.5 Å². The summed E-state index contributed by atoms with van der Waals surface area (Å²) in [7, 11) is 0.385. The van der Waals surface area contributed by atoms with E-state index in [1.54, 1.807) is 25.4 Å². The minimum absolute atomic E-state index is 0.187. The smallest absolute Gasteiger partial charge is 0.207 e. The van der Waals surface area contributed by atoms with Crippen LogP contribution in [-0.2, 0) is 22.3 Å². The van der Waals surface area contributed by atoms with Crippen molar-refractivity contribution in [1.82, 2.24) is 4.98 Å². The molecule has 0 unspecified atom stereocenters. The lowest BCUT2D eigenvalue weighted by Crippen LogP contribution is -2.00. The van der Waals surface area contributed by atoms with Gasteiger partial charge in [0.2, 0.25) is 5.89 Å². The zero-order valence-electron chi connectivity index (χ0n) is 13.1. The fraction of sp³-hybridized carbons (Fsp3) is 0.167. The summed E-state index contributed by atoms with van der Waals surface area (Å²) in [5, 5.41) is 0. The first kappa shape index (κ1) is 16.4. The molecule has 1 aromatic heterocycles. The van der Waals surface area contributed by atoms with Crippen molar-refractivity contribution in [2.24, 2.45) is 0 Å². The number of methoxy groups -OCH3 is 1. The van der Waals surface area contributed by atoms with Gasteiger partial charge in [-0.2, -0.15) is 0 Å². The van der Waals surface area contributed by atoms with Crippen LogP contribution in [0, 0.1) is 5.82 Å². The van der Waals surface area contributed by atoms with Crippen LogP contribution < -0.4 is 4.74 Å². The van der Waals surface area contributed by atoms with Gasteiger partial charge in [0.05, 0.1) is 13.3 Å². The second kappa shape index (κ2) is 7.40.